The van der Waals surface area contributed by atoms with Crippen LogP contribution in [-0.4, -0.2) is 45.5 Å². The third-order valence-corrected chi connectivity index (χ3v) is 6.51. The maximum absolute atomic E-state index is 12.4. The molecule has 9 heteroatoms. The SMILES string of the molecule is CC(=O)c1ccc(-n2cnc3ccc(N/C(N)=C/C=C(/C)N)cc32)nc1N1CCC2NCCC21. The van der Waals surface area contributed by atoms with Gasteiger partial charge >= 0.3 is 0 Å². The molecule has 4 heterocycles. The van der Waals surface area contributed by atoms with E-state index < -0.39 is 0 Å². The second-order valence-corrected chi connectivity index (χ2v) is 8.97. The third-order valence-electron chi connectivity index (χ3n) is 6.51. The van der Waals surface area contributed by atoms with Crippen LogP contribution in [0.25, 0.3) is 16.9 Å². The number of pyridine rings is 1. The number of ketones is 1. The molecular weight excluding hydrogens is 428 g/mol. The maximum Gasteiger partial charge on any atom is 0.163 e. The minimum atomic E-state index is 0.0226. The lowest BCUT2D eigenvalue weighted by molar-refractivity contribution is 0.101. The van der Waals surface area contributed by atoms with E-state index in [1.165, 1.54) is 0 Å². The molecule has 34 heavy (non-hydrogen) atoms. The van der Waals surface area contributed by atoms with Crippen LogP contribution in [-0.2, 0) is 0 Å². The topological polar surface area (TPSA) is 127 Å². The number of fused-ring (bicyclic) bond motifs is 2. The second kappa shape index (κ2) is 8.83. The standard InChI is InChI=1S/C25H30N8O/c1-15(26)3-7-23(27)30-17-4-6-19-22(13-17)33(14-29-19)24-8-5-18(16(2)34)25(31-24)32-12-10-20-21(32)9-11-28-20/h3-8,13-14,20-21,28,30H,9-12,26-27H2,1-2H3/b15-3-,23-7+. The summed E-state index contributed by atoms with van der Waals surface area (Å²) >= 11 is 0. The molecule has 0 bridgehead atoms. The smallest absolute Gasteiger partial charge is 0.163 e. The fourth-order valence-corrected chi connectivity index (χ4v) is 4.89. The van der Waals surface area contributed by atoms with Crippen LogP contribution >= 0.6 is 0 Å². The van der Waals surface area contributed by atoms with Gasteiger partial charge in [0.1, 0.15) is 23.8 Å². The van der Waals surface area contributed by atoms with Crippen LogP contribution in [0.1, 0.15) is 37.0 Å². The zero-order chi connectivity index (χ0) is 23.8. The van der Waals surface area contributed by atoms with Crippen molar-refractivity contribution in [3.63, 3.8) is 0 Å². The molecule has 0 amide bonds. The average Bonchev–Trinajstić information content (AvgIpc) is 3.53. The Bertz CT molecular complexity index is 1300. The Labute approximate surface area is 198 Å². The van der Waals surface area contributed by atoms with Crippen molar-refractivity contribution in [3.8, 4) is 5.82 Å². The minimum Gasteiger partial charge on any atom is -0.402 e. The van der Waals surface area contributed by atoms with Crippen LogP contribution in [0.4, 0.5) is 11.5 Å². The van der Waals surface area contributed by atoms with Crippen LogP contribution in [0, 0.1) is 0 Å². The normalized spacial score (nSPS) is 20.7. The first-order valence-corrected chi connectivity index (χ1v) is 11.6. The first-order chi connectivity index (χ1) is 16.4. The summed E-state index contributed by atoms with van der Waals surface area (Å²) in [5.41, 5.74) is 15.6. The van der Waals surface area contributed by atoms with E-state index in [1.807, 2.05) is 34.9 Å². The Hall–Kier alpha value is -3.85. The Morgan fingerprint density at radius 2 is 2.03 bits per heavy atom. The van der Waals surface area contributed by atoms with Crippen molar-refractivity contribution in [1.82, 2.24) is 19.9 Å². The number of aromatic nitrogens is 3. The number of nitrogens with one attached hydrogen (secondary N) is 2. The summed E-state index contributed by atoms with van der Waals surface area (Å²) in [7, 11) is 0. The van der Waals surface area contributed by atoms with Crippen LogP contribution in [0.5, 0.6) is 0 Å². The number of imidazole rings is 1. The number of Topliss-reactive ketones (excluding diaryl/α,β-unsaturated/α-hetero) is 1. The molecule has 2 saturated heterocycles. The van der Waals surface area contributed by atoms with Crippen LogP contribution < -0.4 is 27.0 Å². The summed E-state index contributed by atoms with van der Waals surface area (Å²) in [5, 5.41) is 6.75. The van der Waals surface area contributed by atoms with Crippen LogP contribution in [0.15, 0.2) is 60.3 Å². The van der Waals surface area contributed by atoms with Gasteiger partial charge in [0.05, 0.1) is 16.6 Å². The molecule has 9 nitrogen and oxygen atoms in total. The van der Waals surface area contributed by atoms with Gasteiger partial charge in [-0.3, -0.25) is 9.36 Å². The van der Waals surface area contributed by atoms with E-state index >= 15 is 0 Å². The van der Waals surface area contributed by atoms with E-state index in [4.69, 9.17) is 16.5 Å². The number of hydrogen-bond acceptors (Lipinski definition) is 8. The molecular formula is C25H30N8O. The van der Waals surface area contributed by atoms with Crippen molar-refractivity contribution >= 4 is 28.3 Å². The van der Waals surface area contributed by atoms with E-state index in [0.717, 1.165) is 54.3 Å². The quantitative estimate of drug-likeness (QED) is 0.328. The summed E-state index contributed by atoms with van der Waals surface area (Å²) in [6.07, 6.45) is 7.36. The molecule has 2 atom stereocenters. The molecule has 2 aliphatic heterocycles. The van der Waals surface area contributed by atoms with Gasteiger partial charge in [0.2, 0.25) is 0 Å². The van der Waals surface area contributed by atoms with Gasteiger partial charge in [-0.05, 0) is 75.7 Å². The summed E-state index contributed by atoms with van der Waals surface area (Å²) in [6.45, 7) is 5.30. The second-order valence-electron chi connectivity index (χ2n) is 8.97. The molecule has 5 rings (SSSR count). The largest absolute Gasteiger partial charge is 0.402 e. The monoisotopic (exact) mass is 458 g/mol. The van der Waals surface area contributed by atoms with E-state index in [-0.39, 0.29) is 5.78 Å². The lowest BCUT2D eigenvalue weighted by Gasteiger charge is -2.26. The molecule has 2 aromatic heterocycles. The Kier molecular flexibility index (Phi) is 5.70. The number of nitrogens with zero attached hydrogens (tertiary/aromatic N) is 4. The predicted octanol–water partition coefficient (Wildman–Crippen LogP) is 2.64. The number of nitrogens with two attached hydrogens (primary N) is 2. The Morgan fingerprint density at radius 1 is 1.18 bits per heavy atom. The lowest BCUT2D eigenvalue weighted by atomic mass is 10.1. The molecule has 0 spiro atoms. The van der Waals surface area contributed by atoms with Crippen molar-refractivity contribution in [2.24, 2.45) is 11.5 Å². The van der Waals surface area contributed by atoms with Crippen LogP contribution in [0.3, 0.4) is 0 Å². The highest BCUT2D eigenvalue weighted by molar-refractivity contribution is 5.99. The average molecular weight is 459 g/mol. The molecule has 2 unspecified atom stereocenters. The lowest BCUT2D eigenvalue weighted by Crippen LogP contribution is -2.35. The number of hydrogen-bond donors (Lipinski definition) is 4. The summed E-state index contributed by atoms with van der Waals surface area (Å²) in [4.78, 5) is 24.3. The van der Waals surface area contributed by atoms with Gasteiger partial charge in [0, 0.05) is 30.0 Å². The molecule has 3 aromatic rings. The van der Waals surface area contributed by atoms with Crippen LogP contribution in [0.2, 0.25) is 0 Å². The van der Waals surface area contributed by atoms with E-state index in [0.29, 0.717) is 29.2 Å². The highest BCUT2D eigenvalue weighted by Gasteiger charge is 2.39. The zero-order valence-corrected chi connectivity index (χ0v) is 19.5. The number of carbonyl (C=O) groups excluding carboxylic acids is 1. The summed E-state index contributed by atoms with van der Waals surface area (Å²) in [5.74, 6) is 1.98. The number of allylic oxidation sites excluding steroid dienone is 3. The Morgan fingerprint density at radius 3 is 2.82 bits per heavy atom. The zero-order valence-electron chi connectivity index (χ0n) is 19.5. The van der Waals surface area contributed by atoms with Gasteiger partial charge in [-0.15, -0.1) is 0 Å². The highest BCUT2D eigenvalue weighted by atomic mass is 16.1. The highest BCUT2D eigenvalue weighted by Crippen LogP contribution is 2.33. The molecule has 0 radical (unpaired) electrons. The fourth-order valence-electron chi connectivity index (χ4n) is 4.89. The van der Waals surface area contributed by atoms with Gasteiger partial charge in [-0.2, -0.15) is 0 Å². The summed E-state index contributed by atoms with van der Waals surface area (Å²) < 4.78 is 1.94. The van der Waals surface area contributed by atoms with Crippen molar-refractivity contribution in [1.29, 1.82) is 0 Å². The number of benzene rings is 1. The van der Waals surface area contributed by atoms with E-state index in [9.17, 15) is 4.79 Å². The predicted molar refractivity (Wildman–Crippen MR) is 135 cm³/mol. The van der Waals surface area contributed by atoms with E-state index in [1.54, 1.807) is 32.3 Å². The van der Waals surface area contributed by atoms with Gasteiger partial charge in [0.15, 0.2) is 5.78 Å². The van der Waals surface area contributed by atoms with Crippen molar-refractivity contribution < 1.29 is 4.79 Å². The first-order valence-electron chi connectivity index (χ1n) is 11.6. The maximum atomic E-state index is 12.4. The number of carbonyl (C=O) groups is 1. The number of anilines is 2. The summed E-state index contributed by atoms with van der Waals surface area (Å²) in [6, 6.07) is 10.4. The van der Waals surface area contributed by atoms with Gasteiger partial charge in [-0.25, -0.2) is 9.97 Å². The molecule has 0 aliphatic carbocycles. The van der Waals surface area contributed by atoms with Gasteiger partial charge in [0.25, 0.3) is 0 Å². The molecule has 1 aromatic carbocycles. The fraction of sp³-hybridized carbons (Fsp3) is 0.320. The number of rotatable bonds is 6. The Balaban J connectivity index is 1.52. The van der Waals surface area contributed by atoms with Crippen molar-refractivity contribution in [2.45, 2.75) is 38.8 Å². The molecule has 0 saturated carbocycles. The molecule has 2 aliphatic rings. The third kappa shape index (κ3) is 4.10. The van der Waals surface area contributed by atoms with Gasteiger partial charge in [-0.1, -0.05) is 0 Å². The molecule has 6 N–H and O–H groups in total. The minimum absolute atomic E-state index is 0.0226. The van der Waals surface area contributed by atoms with E-state index in [2.05, 4.69) is 20.5 Å². The molecule has 2 fully saturated rings. The molecule has 176 valence electrons. The van der Waals surface area contributed by atoms with Crippen molar-refractivity contribution in [2.75, 3.05) is 23.3 Å². The van der Waals surface area contributed by atoms with Gasteiger partial charge < -0.3 is 27.0 Å². The van der Waals surface area contributed by atoms with Crippen molar-refractivity contribution in [3.05, 3.63) is 65.9 Å². The first kappa shape index (κ1) is 22.0.